The third-order valence-electron chi connectivity index (χ3n) is 4.63. The lowest BCUT2D eigenvalue weighted by Gasteiger charge is -2.32. The fourth-order valence-electron chi connectivity index (χ4n) is 2.95. The highest BCUT2D eigenvalue weighted by Crippen LogP contribution is 2.28. The summed E-state index contributed by atoms with van der Waals surface area (Å²) in [5.74, 6) is -0.628. The summed E-state index contributed by atoms with van der Waals surface area (Å²) in [4.78, 5) is 14.0. The van der Waals surface area contributed by atoms with E-state index in [1.807, 2.05) is 0 Å². The van der Waals surface area contributed by atoms with Gasteiger partial charge in [-0.1, -0.05) is 6.07 Å². The lowest BCUT2D eigenvalue weighted by atomic mass is 10.0. The highest BCUT2D eigenvalue weighted by Gasteiger charge is 2.26. The van der Waals surface area contributed by atoms with Gasteiger partial charge in [-0.05, 0) is 50.3 Å². The van der Waals surface area contributed by atoms with Crippen LogP contribution in [0.5, 0.6) is 0 Å². The van der Waals surface area contributed by atoms with E-state index in [0.717, 1.165) is 25.3 Å². The minimum atomic E-state index is -0.644. The summed E-state index contributed by atoms with van der Waals surface area (Å²) in [5, 5.41) is 3.55. The van der Waals surface area contributed by atoms with Crippen molar-refractivity contribution < 1.29 is 13.6 Å². The Kier molecular flexibility index (Phi) is 6.36. The molecule has 1 aromatic carbocycles. The summed E-state index contributed by atoms with van der Waals surface area (Å²) in [7, 11) is 0. The number of hydrogen-bond acceptors (Lipinski definition) is 2. The van der Waals surface area contributed by atoms with E-state index in [-0.39, 0.29) is 30.3 Å². The number of nitrogens with one attached hydrogen (secondary N) is 1. The predicted octanol–water partition coefficient (Wildman–Crippen LogP) is 2.92. The van der Waals surface area contributed by atoms with Crippen molar-refractivity contribution in [1.29, 1.82) is 0 Å². The number of likely N-dealkylation sites (tertiary alicyclic amines) is 1. The number of carbonyl (C=O) groups is 1. The van der Waals surface area contributed by atoms with Gasteiger partial charge in [0, 0.05) is 24.7 Å². The molecule has 128 valence electrons. The first-order valence-corrected chi connectivity index (χ1v) is 8.07. The Morgan fingerprint density at radius 3 is 2.30 bits per heavy atom. The average molecular weight is 345 g/mol. The molecular formula is C17H23ClF2N2O. The van der Waals surface area contributed by atoms with E-state index in [0.29, 0.717) is 19.1 Å². The molecule has 1 saturated carbocycles. The van der Waals surface area contributed by atoms with Crippen molar-refractivity contribution in [3.05, 3.63) is 35.4 Å². The average Bonchev–Trinajstić information content (AvgIpc) is 3.34. The van der Waals surface area contributed by atoms with Gasteiger partial charge >= 0.3 is 0 Å². The van der Waals surface area contributed by atoms with Crippen LogP contribution in [0.25, 0.3) is 0 Å². The third kappa shape index (κ3) is 4.88. The zero-order chi connectivity index (χ0) is 15.5. The Hall–Kier alpha value is -1.20. The van der Waals surface area contributed by atoms with E-state index < -0.39 is 11.6 Å². The number of hydrogen-bond donors (Lipinski definition) is 1. The van der Waals surface area contributed by atoms with Crippen molar-refractivity contribution in [3.63, 3.8) is 0 Å². The van der Waals surface area contributed by atoms with Crippen molar-refractivity contribution in [1.82, 2.24) is 10.2 Å². The van der Waals surface area contributed by atoms with E-state index in [9.17, 15) is 13.6 Å². The summed E-state index contributed by atoms with van der Waals surface area (Å²) >= 11 is 0. The first-order valence-electron chi connectivity index (χ1n) is 8.07. The van der Waals surface area contributed by atoms with Crippen molar-refractivity contribution in [2.75, 3.05) is 19.6 Å². The maximum Gasteiger partial charge on any atom is 0.227 e. The second-order valence-corrected chi connectivity index (χ2v) is 6.38. The van der Waals surface area contributed by atoms with E-state index in [2.05, 4.69) is 5.32 Å². The van der Waals surface area contributed by atoms with E-state index in [4.69, 9.17) is 0 Å². The minimum absolute atomic E-state index is 0. The highest BCUT2D eigenvalue weighted by atomic mass is 35.5. The van der Waals surface area contributed by atoms with Crippen LogP contribution in [-0.4, -0.2) is 36.5 Å². The fraction of sp³-hybridized carbons (Fsp3) is 0.588. The maximum absolute atomic E-state index is 13.6. The third-order valence-corrected chi connectivity index (χ3v) is 4.63. The highest BCUT2D eigenvalue weighted by molar-refractivity contribution is 5.85. The minimum Gasteiger partial charge on any atom is -0.342 e. The fourth-order valence-corrected chi connectivity index (χ4v) is 2.95. The summed E-state index contributed by atoms with van der Waals surface area (Å²) in [6.45, 7) is 2.41. The van der Waals surface area contributed by atoms with Gasteiger partial charge in [-0.15, -0.1) is 12.4 Å². The molecule has 0 aromatic heterocycles. The Morgan fingerprint density at radius 2 is 1.74 bits per heavy atom. The first kappa shape index (κ1) is 18.1. The van der Waals surface area contributed by atoms with Gasteiger partial charge in [0.05, 0.1) is 6.42 Å². The quantitative estimate of drug-likeness (QED) is 0.890. The molecule has 2 aliphatic rings. The molecule has 1 amide bonds. The molecule has 1 aliphatic heterocycles. The lowest BCUT2D eigenvalue weighted by Crippen LogP contribution is -2.45. The second kappa shape index (κ2) is 8.06. The summed E-state index contributed by atoms with van der Waals surface area (Å²) in [6, 6.07) is 4.17. The van der Waals surface area contributed by atoms with Gasteiger partial charge in [-0.2, -0.15) is 0 Å². The largest absolute Gasteiger partial charge is 0.342 e. The Morgan fingerprint density at radius 1 is 1.13 bits per heavy atom. The van der Waals surface area contributed by atoms with Crippen LogP contribution in [0.15, 0.2) is 18.2 Å². The smallest absolute Gasteiger partial charge is 0.227 e. The molecule has 1 saturated heterocycles. The zero-order valence-electron chi connectivity index (χ0n) is 13.1. The predicted molar refractivity (Wildman–Crippen MR) is 87.6 cm³/mol. The molecule has 3 nitrogen and oxygen atoms in total. The van der Waals surface area contributed by atoms with E-state index in [1.165, 1.54) is 31.0 Å². The van der Waals surface area contributed by atoms with Crippen LogP contribution in [0, 0.1) is 17.6 Å². The second-order valence-electron chi connectivity index (χ2n) is 6.38. The molecule has 1 aliphatic carbocycles. The molecule has 0 bridgehead atoms. The molecule has 2 fully saturated rings. The van der Waals surface area contributed by atoms with Crippen LogP contribution in [0.4, 0.5) is 8.78 Å². The van der Waals surface area contributed by atoms with Gasteiger partial charge < -0.3 is 10.2 Å². The molecule has 0 radical (unpaired) electrons. The monoisotopic (exact) mass is 344 g/mol. The number of nitrogens with zero attached hydrogens (tertiary/aromatic N) is 1. The SMILES string of the molecule is Cl.O=C(Cc1c(F)cccc1F)N1CCC(NCC2CC2)CC1. The van der Waals surface area contributed by atoms with Crippen molar-refractivity contribution in [2.45, 2.75) is 38.1 Å². The van der Waals surface area contributed by atoms with Crippen LogP contribution >= 0.6 is 12.4 Å². The molecule has 0 atom stereocenters. The number of benzene rings is 1. The summed E-state index contributed by atoms with van der Waals surface area (Å²) in [6.07, 6.45) is 4.30. The van der Waals surface area contributed by atoms with Crippen LogP contribution in [0.3, 0.4) is 0 Å². The molecule has 6 heteroatoms. The number of rotatable bonds is 5. The van der Waals surface area contributed by atoms with Gasteiger partial charge in [0.1, 0.15) is 11.6 Å². The molecule has 0 unspecified atom stereocenters. The van der Waals surface area contributed by atoms with Crippen LogP contribution < -0.4 is 5.32 Å². The number of carbonyl (C=O) groups excluding carboxylic acids is 1. The topological polar surface area (TPSA) is 32.3 Å². The van der Waals surface area contributed by atoms with Crippen LogP contribution in [-0.2, 0) is 11.2 Å². The van der Waals surface area contributed by atoms with Gasteiger partial charge in [-0.3, -0.25) is 4.79 Å². The molecular weight excluding hydrogens is 322 g/mol. The Bertz CT molecular complexity index is 523. The molecule has 23 heavy (non-hydrogen) atoms. The number of halogens is 3. The van der Waals surface area contributed by atoms with E-state index in [1.54, 1.807) is 4.90 Å². The van der Waals surface area contributed by atoms with Gasteiger partial charge in [0.15, 0.2) is 0 Å². The van der Waals surface area contributed by atoms with Gasteiger partial charge in [0.25, 0.3) is 0 Å². The standard InChI is InChI=1S/C17H22F2N2O.ClH/c18-15-2-1-3-16(19)14(15)10-17(22)21-8-6-13(7-9-21)20-11-12-4-5-12;/h1-3,12-13,20H,4-11H2;1H. The Balaban J connectivity index is 0.00000192. The van der Waals surface area contributed by atoms with E-state index >= 15 is 0 Å². The molecule has 0 spiro atoms. The number of amides is 1. The molecule has 3 rings (SSSR count). The van der Waals surface area contributed by atoms with Crippen molar-refractivity contribution in [3.8, 4) is 0 Å². The van der Waals surface area contributed by atoms with Crippen LogP contribution in [0.2, 0.25) is 0 Å². The Labute approximate surface area is 141 Å². The molecule has 1 heterocycles. The van der Waals surface area contributed by atoms with Crippen LogP contribution in [0.1, 0.15) is 31.2 Å². The van der Waals surface area contributed by atoms with Crippen molar-refractivity contribution in [2.24, 2.45) is 5.92 Å². The number of piperidine rings is 1. The summed E-state index contributed by atoms with van der Waals surface area (Å²) in [5.41, 5.74) is -0.124. The normalized spacial score (nSPS) is 18.6. The summed E-state index contributed by atoms with van der Waals surface area (Å²) < 4.78 is 27.2. The van der Waals surface area contributed by atoms with Crippen molar-refractivity contribution >= 4 is 18.3 Å². The van der Waals surface area contributed by atoms with Gasteiger partial charge in [0.2, 0.25) is 5.91 Å². The molecule has 1 N–H and O–H groups in total. The maximum atomic E-state index is 13.6. The zero-order valence-corrected chi connectivity index (χ0v) is 13.9. The van der Waals surface area contributed by atoms with Gasteiger partial charge in [-0.25, -0.2) is 8.78 Å². The molecule has 1 aromatic rings. The first-order chi connectivity index (χ1) is 10.6. The lowest BCUT2D eigenvalue weighted by molar-refractivity contribution is -0.131.